The third-order valence-electron chi connectivity index (χ3n) is 7.86. The number of aliphatic imine (C=N–C) groups is 1. The molecule has 4 heteroatoms. The van der Waals surface area contributed by atoms with Crippen LogP contribution in [0.2, 0.25) is 0 Å². The molecule has 1 aliphatic carbocycles. The van der Waals surface area contributed by atoms with E-state index in [0.29, 0.717) is 11.8 Å². The van der Waals surface area contributed by atoms with Crippen molar-refractivity contribution < 1.29 is 4.74 Å². The van der Waals surface area contributed by atoms with E-state index in [1.54, 1.807) is 0 Å². The molecule has 198 valence electrons. The third-order valence-corrected chi connectivity index (χ3v) is 7.86. The largest absolute Gasteiger partial charge is 0.457 e. The van der Waals surface area contributed by atoms with Crippen molar-refractivity contribution in [2.24, 2.45) is 10.9 Å². The van der Waals surface area contributed by atoms with Crippen molar-refractivity contribution in [1.82, 2.24) is 4.98 Å². The summed E-state index contributed by atoms with van der Waals surface area (Å²) in [6.07, 6.45) is 2.24. The molecule has 2 atom stereocenters. The number of benzene rings is 4. The van der Waals surface area contributed by atoms with Gasteiger partial charge in [0.05, 0.1) is 16.9 Å². The fourth-order valence-electron chi connectivity index (χ4n) is 5.35. The van der Waals surface area contributed by atoms with E-state index in [9.17, 15) is 0 Å². The smallest absolute Gasteiger partial charge is 0.127 e. The molecule has 4 aromatic carbocycles. The summed E-state index contributed by atoms with van der Waals surface area (Å²) in [6.45, 7) is 8.83. The van der Waals surface area contributed by atoms with Crippen LogP contribution in [0.5, 0.6) is 11.5 Å². The summed E-state index contributed by atoms with van der Waals surface area (Å²) in [5, 5.41) is 4.63. The second-order valence-corrected chi connectivity index (χ2v) is 10.6. The highest BCUT2D eigenvalue weighted by Gasteiger charge is 2.24. The van der Waals surface area contributed by atoms with Gasteiger partial charge in [0.2, 0.25) is 0 Å². The summed E-state index contributed by atoms with van der Waals surface area (Å²) in [6, 6.07) is 34.9. The minimum Gasteiger partial charge on any atom is -0.457 e. The fourth-order valence-corrected chi connectivity index (χ4v) is 5.35. The minimum atomic E-state index is 0.450. The van der Waals surface area contributed by atoms with Crippen molar-refractivity contribution in [2.75, 3.05) is 5.32 Å². The van der Waals surface area contributed by atoms with Crippen LogP contribution in [0.25, 0.3) is 10.9 Å². The maximum atomic E-state index is 6.14. The number of aryl methyl sites for hydroxylation is 1. The summed E-state index contributed by atoms with van der Waals surface area (Å²) in [4.78, 5) is 9.67. The predicted molar refractivity (Wildman–Crippen MR) is 167 cm³/mol. The van der Waals surface area contributed by atoms with Crippen LogP contribution in [0.1, 0.15) is 43.5 Å². The predicted octanol–water partition coefficient (Wildman–Crippen LogP) is 9.90. The number of aromatic nitrogens is 1. The zero-order valence-electron chi connectivity index (χ0n) is 23.3. The lowest BCUT2D eigenvalue weighted by Crippen LogP contribution is -2.07. The van der Waals surface area contributed by atoms with E-state index in [1.807, 2.05) is 73.7 Å². The third kappa shape index (κ3) is 5.26. The Morgan fingerprint density at radius 2 is 1.43 bits per heavy atom. The topological polar surface area (TPSA) is 46.5 Å². The zero-order chi connectivity index (χ0) is 27.6. The van der Waals surface area contributed by atoms with Gasteiger partial charge in [-0.15, -0.1) is 0 Å². The molecular formula is C36H33N3O. The quantitative estimate of drug-likeness (QED) is 0.249. The Morgan fingerprint density at radius 1 is 0.750 bits per heavy atom. The molecule has 0 radical (unpaired) electrons. The first-order valence-corrected chi connectivity index (χ1v) is 13.8. The lowest BCUT2D eigenvalue weighted by molar-refractivity contribution is 0.483. The highest BCUT2D eigenvalue weighted by atomic mass is 16.5. The van der Waals surface area contributed by atoms with Gasteiger partial charge in [-0.05, 0) is 98.0 Å². The SMILES string of the molecule is CC1=CC(=Nc2ccc(Oc3ccc(Nc4cc(C)nc5ccccc45)cc3)cc2)c2ccccc2C(C)C1C. The Kier molecular flexibility index (Phi) is 6.91. The van der Waals surface area contributed by atoms with Gasteiger partial charge in [0, 0.05) is 28.0 Å². The van der Waals surface area contributed by atoms with E-state index in [4.69, 9.17) is 9.73 Å². The monoisotopic (exact) mass is 523 g/mol. The van der Waals surface area contributed by atoms with Crippen molar-refractivity contribution in [3.63, 3.8) is 0 Å². The van der Waals surface area contributed by atoms with Gasteiger partial charge in [-0.2, -0.15) is 0 Å². The number of nitrogens with one attached hydrogen (secondary N) is 1. The Hall–Kier alpha value is -4.70. The van der Waals surface area contributed by atoms with Crippen molar-refractivity contribution in [2.45, 2.75) is 33.6 Å². The van der Waals surface area contributed by atoms with E-state index >= 15 is 0 Å². The number of rotatable bonds is 5. The molecule has 2 unspecified atom stereocenters. The lowest BCUT2D eigenvalue weighted by Gasteiger charge is -2.20. The first-order valence-electron chi connectivity index (χ1n) is 13.8. The molecular weight excluding hydrogens is 490 g/mol. The summed E-state index contributed by atoms with van der Waals surface area (Å²) < 4.78 is 6.14. The maximum absolute atomic E-state index is 6.14. The van der Waals surface area contributed by atoms with Crippen LogP contribution in [0.15, 0.2) is 120 Å². The number of hydrogen-bond donors (Lipinski definition) is 1. The summed E-state index contributed by atoms with van der Waals surface area (Å²) in [5.74, 6) is 2.47. The number of anilines is 2. The lowest BCUT2D eigenvalue weighted by atomic mass is 9.84. The van der Waals surface area contributed by atoms with Gasteiger partial charge < -0.3 is 10.1 Å². The fraction of sp³-hybridized carbons (Fsp3) is 0.167. The highest BCUT2D eigenvalue weighted by Crippen LogP contribution is 2.36. The minimum absolute atomic E-state index is 0.450. The summed E-state index contributed by atoms with van der Waals surface area (Å²) in [7, 11) is 0. The van der Waals surface area contributed by atoms with Crippen molar-refractivity contribution >= 4 is 33.7 Å². The molecule has 0 saturated heterocycles. The van der Waals surface area contributed by atoms with Gasteiger partial charge >= 0.3 is 0 Å². The molecule has 6 rings (SSSR count). The Labute approximate surface area is 236 Å². The molecule has 0 fully saturated rings. The van der Waals surface area contributed by atoms with Gasteiger partial charge in [0.25, 0.3) is 0 Å². The van der Waals surface area contributed by atoms with Crippen molar-refractivity contribution in [1.29, 1.82) is 0 Å². The number of para-hydroxylation sites is 1. The number of allylic oxidation sites excluding steroid dienone is 2. The van der Waals surface area contributed by atoms with Gasteiger partial charge in [-0.3, -0.25) is 4.98 Å². The zero-order valence-corrected chi connectivity index (χ0v) is 23.3. The molecule has 0 saturated carbocycles. The normalized spacial score (nSPS) is 17.7. The molecule has 0 aliphatic heterocycles. The number of ether oxygens (including phenoxy) is 1. The molecule has 0 bridgehead atoms. The highest BCUT2D eigenvalue weighted by molar-refractivity contribution is 6.11. The van der Waals surface area contributed by atoms with Crippen molar-refractivity contribution in [3.8, 4) is 11.5 Å². The van der Waals surface area contributed by atoms with E-state index in [0.717, 1.165) is 50.9 Å². The number of nitrogens with zero attached hydrogens (tertiary/aromatic N) is 2. The van der Waals surface area contributed by atoms with E-state index in [1.165, 1.54) is 16.7 Å². The summed E-state index contributed by atoms with van der Waals surface area (Å²) in [5.41, 5.74) is 9.83. The number of hydrogen-bond acceptors (Lipinski definition) is 4. The molecule has 4 nitrogen and oxygen atoms in total. The maximum Gasteiger partial charge on any atom is 0.127 e. The second-order valence-electron chi connectivity index (χ2n) is 10.6. The average molecular weight is 524 g/mol. The number of pyridine rings is 1. The number of fused-ring (bicyclic) bond motifs is 2. The van der Waals surface area contributed by atoms with Crippen LogP contribution < -0.4 is 10.1 Å². The van der Waals surface area contributed by atoms with Gasteiger partial charge in [0.1, 0.15) is 11.5 Å². The average Bonchev–Trinajstić information content (AvgIpc) is 3.05. The van der Waals surface area contributed by atoms with Crippen LogP contribution in [0, 0.1) is 12.8 Å². The van der Waals surface area contributed by atoms with E-state index in [2.05, 4.69) is 73.5 Å². The first kappa shape index (κ1) is 25.6. The molecule has 1 aromatic heterocycles. The molecule has 40 heavy (non-hydrogen) atoms. The van der Waals surface area contributed by atoms with Crippen LogP contribution in [0.4, 0.5) is 17.1 Å². The van der Waals surface area contributed by atoms with E-state index < -0.39 is 0 Å². The molecule has 5 aromatic rings. The Bertz CT molecular complexity index is 1730. The Balaban J connectivity index is 1.18. The Morgan fingerprint density at radius 3 is 2.20 bits per heavy atom. The molecule has 1 N–H and O–H groups in total. The van der Waals surface area contributed by atoms with Gasteiger partial charge in [-0.25, -0.2) is 4.99 Å². The van der Waals surface area contributed by atoms with Crippen LogP contribution in [-0.2, 0) is 0 Å². The molecule has 1 aliphatic rings. The molecule has 1 heterocycles. The molecule has 0 spiro atoms. The summed E-state index contributed by atoms with van der Waals surface area (Å²) >= 11 is 0. The van der Waals surface area contributed by atoms with Crippen LogP contribution in [0.3, 0.4) is 0 Å². The van der Waals surface area contributed by atoms with Gasteiger partial charge in [-0.1, -0.05) is 61.9 Å². The van der Waals surface area contributed by atoms with Crippen LogP contribution in [-0.4, -0.2) is 10.7 Å². The molecule has 0 amide bonds. The van der Waals surface area contributed by atoms with Gasteiger partial charge in [0.15, 0.2) is 0 Å². The van der Waals surface area contributed by atoms with E-state index in [-0.39, 0.29) is 0 Å². The van der Waals surface area contributed by atoms with Crippen molar-refractivity contribution in [3.05, 3.63) is 132 Å². The first-order chi connectivity index (χ1) is 19.4. The van der Waals surface area contributed by atoms with Crippen LogP contribution >= 0.6 is 0 Å². The second kappa shape index (κ2) is 10.8. The standard InChI is InChI=1S/C36H33N3O/c1-23-21-35(32-10-6-5-9-31(32)26(4)25(23)3)38-27-13-17-29(18-14-27)40-30-19-15-28(16-20-30)39-36-22-24(2)37-34-12-8-7-11-33(34)36/h5-22,25-26H,1-4H3,(H,37,39).